The van der Waals surface area contributed by atoms with E-state index in [1.807, 2.05) is 17.9 Å². The van der Waals surface area contributed by atoms with Gasteiger partial charge in [0.1, 0.15) is 17.3 Å². The Labute approximate surface area is 200 Å². The highest BCUT2D eigenvalue weighted by molar-refractivity contribution is 5.93. The topological polar surface area (TPSA) is 55.5 Å². The molecule has 10 heteroatoms. The molecule has 5 rings (SSSR count). The fourth-order valence-corrected chi connectivity index (χ4v) is 5.11. The normalized spacial score (nSPS) is 17.2. The number of amides is 2. The largest absolute Gasteiger partial charge is 0.416 e. The maximum absolute atomic E-state index is 14.4. The van der Waals surface area contributed by atoms with Gasteiger partial charge in [-0.3, -0.25) is 4.90 Å². The Bertz CT molecular complexity index is 1210. The monoisotopic (exact) mass is 487 g/mol. The number of piperidine rings is 1. The van der Waals surface area contributed by atoms with Crippen molar-refractivity contribution in [3.63, 3.8) is 0 Å². The fraction of sp³-hybridized carbons (Fsp3) is 0.360. The minimum Gasteiger partial charge on any atom is -0.369 e. The first kappa shape index (κ1) is 23.2. The fourth-order valence-electron chi connectivity index (χ4n) is 5.11. The third-order valence-corrected chi connectivity index (χ3v) is 6.82. The maximum atomic E-state index is 14.4. The van der Waals surface area contributed by atoms with E-state index in [1.54, 1.807) is 11.0 Å². The number of imidazole rings is 1. The Morgan fingerprint density at radius 1 is 1.09 bits per heavy atom. The van der Waals surface area contributed by atoms with E-state index < -0.39 is 11.7 Å². The number of aryl methyl sites for hydroxylation is 1. The molecule has 2 aliphatic heterocycles. The summed E-state index contributed by atoms with van der Waals surface area (Å²) in [5, 5.41) is 0. The van der Waals surface area contributed by atoms with Gasteiger partial charge in [-0.2, -0.15) is 13.2 Å². The lowest BCUT2D eigenvalue weighted by Gasteiger charge is -2.43. The van der Waals surface area contributed by atoms with E-state index in [0.717, 1.165) is 11.6 Å². The number of urea groups is 1. The number of benzene rings is 2. The predicted molar refractivity (Wildman–Crippen MR) is 124 cm³/mol. The molecular weight excluding hydrogens is 462 g/mol. The molecule has 0 radical (unpaired) electrons. The first-order chi connectivity index (χ1) is 16.7. The summed E-state index contributed by atoms with van der Waals surface area (Å²) < 4.78 is 55.2. The molecule has 0 atom stereocenters. The van der Waals surface area contributed by atoms with Crippen molar-refractivity contribution in [3.8, 4) is 0 Å². The Balaban J connectivity index is 1.37. The lowest BCUT2D eigenvalue weighted by atomic mass is 10.00. The summed E-state index contributed by atoms with van der Waals surface area (Å²) in [6.45, 7) is 3.06. The van der Waals surface area contributed by atoms with E-state index in [0.29, 0.717) is 43.1 Å². The number of carbonyl (C=O) groups excluding carboxylic acids is 1. The van der Waals surface area contributed by atoms with Crippen molar-refractivity contribution in [1.29, 1.82) is 0 Å². The van der Waals surface area contributed by atoms with Crippen LogP contribution in [0.1, 0.15) is 35.2 Å². The summed E-state index contributed by atoms with van der Waals surface area (Å²) in [4.78, 5) is 25.8. The second-order valence-corrected chi connectivity index (χ2v) is 8.97. The van der Waals surface area contributed by atoms with Crippen molar-refractivity contribution in [1.82, 2.24) is 14.9 Å². The molecule has 0 saturated carbocycles. The average molecular weight is 488 g/mol. The second-order valence-electron chi connectivity index (χ2n) is 8.97. The first-order valence-electron chi connectivity index (χ1n) is 11.5. The highest BCUT2D eigenvalue weighted by Gasteiger charge is 2.39. The SMILES string of the molecule is Cc1cccc(F)c1N1CCC(N2Cc3nc[nH]c3N(Cc3ccccc3C(F)(F)F)C2=O)CC1. The van der Waals surface area contributed by atoms with Gasteiger partial charge in [-0.15, -0.1) is 0 Å². The zero-order valence-corrected chi connectivity index (χ0v) is 19.1. The number of alkyl halides is 3. The molecule has 2 aromatic carbocycles. The number of halogens is 4. The van der Waals surface area contributed by atoms with Crippen LogP contribution in [-0.2, 0) is 19.3 Å². The summed E-state index contributed by atoms with van der Waals surface area (Å²) in [6, 6.07) is 9.78. The number of nitrogens with one attached hydrogen (secondary N) is 1. The molecule has 2 amide bonds. The molecule has 0 unspecified atom stereocenters. The number of aromatic nitrogens is 2. The maximum Gasteiger partial charge on any atom is 0.416 e. The van der Waals surface area contributed by atoms with E-state index in [-0.39, 0.29) is 36.5 Å². The van der Waals surface area contributed by atoms with Crippen LogP contribution in [0.4, 0.5) is 33.9 Å². The molecule has 3 aromatic rings. The van der Waals surface area contributed by atoms with Crippen molar-refractivity contribution in [2.45, 2.75) is 45.1 Å². The predicted octanol–water partition coefficient (Wildman–Crippen LogP) is 5.49. The van der Waals surface area contributed by atoms with Crippen LogP contribution in [0, 0.1) is 12.7 Å². The van der Waals surface area contributed by atoms with Gasteiger partial charge >= 0.3 is 12.2 Å². The molecule has 2 aliphatic rings. The highest BCUT2D eigenvalue weighted by Crippen LogP contribution is 2.36. The number of carbonyl (C=O) groups is 1. The Morgan fingerprint density at radius 2 is 1.83 bits per heavy atom. The van der Waals surface area contributed by atoms with E-state index in [4.69, 9.17) is 0 Å². The number of hydrogen-bond acceptors (Lipinski definition) is 3. The van der Waals surface area contributed by atoms with Crippen molar-refractivity contribution in [2.75, 3.05) is 22.9 Å². The zero-order valence-electron chi connectivity index (χ0n) is 19.1. The third-order valence-electron chi connectivity index (χ3n) is 6.82. The van der Waals surface area contributed by atoms with Gasteiger partial charge in [0.15, 0.2) is 0 Å². The number of nitrogens with zero attached hydrogens (tertiary/aromatic N) is 4. The molecule has 1 saturated heterocycles. The minimum atomic E-state index is -4.52. The van der Waals surface area contributed by atoms with Crippen LogP contribution in [0.25, 0.3) is 0 Å². The van der Waals surface area contributed by atoms with Gasteiger partial charge in [0, 0.05) is 19.1 Å². The van der Waals surface area contributed by atoms with Crippen LogP contribution in [0.2, 0.25) is 0 Å². The summed E-state index contributed by atoms with van der Waals surface area (Å²) in [5.41, 5.74) is 1.30. The quantitative estimate of drug-likeness (QED) is 0.496. The average Bonchev–Trinajstić information content (AvgIpc) is 3.29. The highest BCUT2D eigenvalue weighted by atomic mass is 19.4. The van der Waals surface area contributed by atoms with Gasteiger partial charge in [0.05, 0.1) is 30.7 Å². The van der Waals surface area contributed by atoms with Gasteiger partial charge in [-0.25, -0.2) is 14.2 Å². The molecular formula is C25H25F4N5O. The summed E-state index contributed by atoms with van der Waals surface area (Å²) in [6.07, 6.45) is -1.84. The van der Waals surface area contributed by atoms with Crippen LogP contribution in [0.3, 0.4) is 0 Å². The number of aromatic amines is 1. The summed E-state index contributed by atoms with van der Waals surface area (Å²) in [5.74, 6) is 0.149. The van der Waals surface area contributed by atoms with Crippen LogP contribution in [0.15, 0.2) is 48.8 Å². The number of anilines is 2. The van der Waals surface area contributed by atoms with Crippen molar-refractivity contribution < 1.29 is 22.4 Å². The third kappa shape index (κ3) is 4.33. The van der Waals surface area contributed by atoms with Crippen molar-refractivity contribution in [2.24, 2.45) is 0 Å². The van der Waals surface area contributed by atoms with Crippen molar-refractivity contribution >= 4 is 17.5 Å². The van der Waals surface area contributed by atoms with E-state index >= 15 is 0 Å². The van der Waals surface area contributed by atoms with E-state index in [1.165, 1.54) is 35.5 Å². The molecule has 184 valence electrons. The number of hydrogen-bond donors (Lipinski definition) is 1. The van der Waals surface area contributed by atoms with Crippen LogP contribution < -0.4 is 9.80 Å². The Hall–Kier alpha value is -3.56. The number of fused-ring (bicyclic) bond motifs is 1. The minimum absolute atomic E-state index is 0.0144. The molecule has 1 aromatic heterocycles. The summed E-state index contributed by atoms with van der Waals surface area (Å²) >= 11 is 0. The van der Waals surface area contributed by atoms with Gasteiger partial charge in [-0.1, -0.05) is 30.3 Å². The van der Waals surface area contributed by atoms with Gasteiger partial charge in [0.25, 0.3) is 0 Å². The van der Waals surface area contributed by atoms with Crippen molar-refractivity contribution in [3.05, 3.63) is 77.0 Å². The molecule has 1 N–H and O–H groups in total. The molecule has 3 heterocycles. The van der Waals surface area contributed by atoms with E-state index in [2.05, 4.69) is 9.97 Å². The number of rotatable bonds is 4. The van der Waals surface area contributed by atoms with Crippen LogP contribution in [-0.4, -0.2) is 40.0 Å². The van der Waals surface area contributed by atoms with Gasteiger partial charge in [0.2, 0.25) is 0 Å². The lowest BCUT2D eigenvalue weighted by molar-refractivity contribution is -0.138. The Kier molecular flexibility index (Phi) is 5.90. The Morgan fingerprint density at radius 3 is 2.54 bits per heavy atom. The van der Waals surface area contributed by atoms with Gasteiger partial charge in [-0.05, 0) is 43.0 Å². The molecule has 0 spiro atoms. The molecule has 0 bridgehead atoms. The van der Waals surface area contributed by atoms with Crippen LogP contribution >= 0.6 is 0 Å². The first-order valence-corrected chi connectivity index (χ1v) is 11.5. The smallest absolute Gasteiger partial charge is 0.369 e. The lowest BCUT2D eigenvalue weighted by Crippen LogP contribution is -2.54. The molecule has 35 heavy (non-hydrogen) atoms. The number of para-hydroxylation sites is 1. The van der Waals surface area contributed by atoms with E-state index in [9.17, 15) is 22.4 Å². The zero-order chi connectivity index (χ0) is 24.7. The second kappa shape index (κ2) is 8.90. The number of H-pyrrole nitrogens is 1. The van der Waals surface area contributed by atoms with Crippen LogP contribution in [0.5, 0.6) is 0 Å². The molecule has 0 aliphatic carbocycles. The molecule has 1 fully saturated rings. The van der Waals surface area contributed by atoms with Gasteiger partial charge < -0.3 is 14.8 Å². The standard InChI is InChI=1S/C25H25F4N5O/c1-16-5-4-8-20(26)22(16)32-11-9-18(10-12-32)33-14-21-23(31-15-30-21)34(24(33)35)13-17-6-2-3-7-19(17)25(27,28)29/h2-8,15,18H,9-14H2,1H3,(H,30,31). The summed E-state index contributed by atoms with van der Waals surface area (Å²) in [7, 11) is 0. The molecule has 6 nitrogen and oxygen atoms in total.